The van der Waals surface area contributed by atoms with E-state index in [-0.39, 0.29) is 34.5 Å². The molecule has 13 heteroatoms. The summed E-state index contributed by atoms with van der Waals surface area (Å²) in [5.74, 6) is -1.21. The Morgan fingerprint density at radius 2 is 1.89 bits per heavy atom. The van der Waals surface area contributed by atoms with Crippen LogP contribution in [0.4, 0.5) is 29.1 Å². The molecule has 1 aliphatic rings. The molecule has 3 atom stereocenters. The Balaban J connectivity index is 1.52. The first-order chi connectivity index (χ1) is 17.3. The third kappa shape index (κ3) is 6.19. The summed E-state index contributed by atoms with van der Waals surface area (Å²) in [6.07, 6.45) is -1.50. The zero-order valence-electron chi connectivity index (χ0n) is 19.9. The SMILES string of the molecule is CN(C)[C@H]1CC(c2cccc(C(F)(F)F)c2)CC[C@@H]1Nc1cc(F)c(S(=O)(=O)Nc2ccon2)cc1Cl. The van der Waals surface area contributed by atoms with E-state index in [1.807, 2.05) is 19.0 Å². The fourth-order valence-electron chi connectivity index (χ4n) is 4.66. The number of nitrogens with one attached hydrogen (secondary N) is 2. The first-order valence-corrected chi connectivity index (χ1v) is 13.2. The third-order valence-corrected chi connectivity index (χ3v) is 8.18. The van der Waals surface area contributed by atoms with E-state index in [0.29, 0.717) is 24.8 Å². The van der Waals surface area contributed by atoms with Crippen molar-refractivity contribution in [2.75, 3.05) is 24.1 Å². The predicted octanol–water partition coefficient (Wildman–Crippen LogP) is 5.97. The molecule has 1 aromatic heterocycles. The van der Waals surface area contributed by atoms with Crippen LogP contribution in [0.2, 0.25) is 5.02 Å². The van der Waals surface area contributed by atoms with Gasteiger partial charge >= 0.3 is 6.18 Å². The van der Waals surface area contributed by atoms with E-state index < -0.39 is 32.5 Å². The van der Waals surface area contributed by atoms with Crippen LogP contribution in [-0.2, 0) is 16.2 Å². The molecule has 0 amide bonds. The van der Waals surface area contributed by atoms with Crippen LogP contribution in [0.25, 0.3) is 0 Å². The van der Waals surface area contributed by atoms with Crippen LogP contribution in [0.5, 0.6) is 0 Å². The molecule has 7 nitrogen and oxygen atoms in total. The van der Waals surface area contributed by atoms with Crippen molar-refractivity contribution in [2.45, 2.75) is 48.3 Å². The summed E-state index contributed by atoms with van der Waals surface area (Å²) in [6, 6.07) is 8.37. The molecule has 0 saturated heterocycles. The largest absolute Gasteiger partial charge is 0.416 e. The molecule has 3 aromatic rings. The number of benzene rings is 2. The van der Waals surface area contributed by atoms with Crippen LogP contribution in [0.1, 0.15) is 36.3 Å². The van der Waals surface area contributed by atoms with Crippen molar-refractivity contribution in [3.8, 4) is 0 Å². The average molecular weight is 561 g/mol. The first kappa shape index (κ1) is 27.2. The summed E-state index contributed by atoms with van der Waals surface area (Å²) >= 11 is 6.34. The lowest BCUT2D eigenvalue weighted by Crippen LogP contribution is -2.47. The van der Waals surface area contributed by atoms with Gasteiger partial charge in [0.2, 0.25) is 0 Å². The number of halogens is 5. The number of likely N-dealkylation sites (N-methyl/N-ethyl adjacent to an activating group) is 1. The Labute approximate surface area is 216 Å². The molecule has 200 valence electrons. The molecule has 37 heavy (non-hydrogen) atoms. The van der Waals surface area contributed by atoms with Crippen molar-refractivity contribution >= 4 is 33.1 Å². The van der Waals surface area contributed by atoms with Gasteiger partial charge < -0.3 is 14.7 Å². The second-order valence-electron chi connectivity index (χ2n) is 9.17. The van der Waals surface area contributed by atoms with Crippen LogP contribution in [0, 0.1) is 5.82 Å². The van der Waals surface area contributed by atoms with Gasteiger partial charge in [-0.3, -0.25) is 4.72 Å². The fourth-order valence-corrected chi connectivity index (χ4v) is 6.02. The molecule has 1 heterocycles. The smallest absolute Gasteiger partial charge is 0.379 e. The monoisotopic (exact) mass is 560 g/mol. The normalized spacial score (nSPS) is 20.7. The average Bonchev–Trinajstić information content (AvgIpc) is 3.33. The summed E-state index contributed by atoms with van der Waals surface area (Å²) < 4.78 is 86.4. The molecule has 2 N–H and O–H groups in total. The predicted molar refractivity (Wildman–Crippen MR) is 132 cm³/mol. The maximum atomic E-state index is 14.9. The number of rotatable bonds is 7. The number of sulfonamides is 1. The second-order valence-corrected chi connectivity index (χ2v) is 11.2. The molecule has 1 saturated carbocycles. The molecule has 0 radical (unpaired) electrons. The lowest BCUT2D eigenvalue weighted by molar-refractivity contribution is -0.137. The summed E-state index contributed by atoms with van der Waals surface area (Å²) in [4.78, 5) is 1.31. The van der Waals surface area contributed by atoms with Crippen LogP contribution in [-0.4, -0.2) is 44.7 Å². The standard InChI is InChI=1S/C24H25ClF4N4O3S/c1-33(2)21-11-15(14-4-3-5-16(10-14)24(27,28)29)6-7-19(21)30-20-13-18(26)22(12-17(20)25)37(34,35)32-23-8-9-36-31-23/h3-5,8-10,12-13,15,19,21,30H,6-7,11H2,1-2H3,(H,31,32)/t15?,19-,21-/m0/s1. The number of hydrogen-bond acceptors (Lipinski definition) is 6. The van der Waals surface area contributed by atoms with E-state index in [1.165, 1.54) is 18.2 Å². The van der Waals surface area contributed by atoms with Gasteiger partial charge in [0.1, 0.15) is 17.0 Å². The second kappa shape index (κ2) is 10.5. The van der Waals surface area contributed by atoms with E-state index in [0.717, 1.165) is 24.5 Å². The molecule has 0 bridgehead atoms. The minimum Gasteiger partial charge on any atom is -0.379 e. The lowest BCUT2D eigenvalue weighted by Gasteiger charge is -2.41. The molecular weight excluding hydrogens is 536 g/mol. The number of nitrogens with zero attached hydrogens (tertiary/aromatic N) is 2. The minimum atomic E-state index is -4.42. The summed E-state index contributed by atoms with van der Waals surface area (Å²) in [5, 5.41) is 6.67. The van der Waals surface area contributed by atoms with Gasteiger partial charge in [-0.25, -0.2) is 12.8 Å². The van der Waals surface area contributed by atoms with Crippen LogP contribution < -0.4 is 10.0 Å². The molecule has 0 aliphatic heterocycles. The fraction of sp³-hybridized carbons (Fsp3) is 0.375. The number of hydrogen-bond donors (Lipinski definition) is 2. The Morgan fingerprint density at radius 1 is 1.14 bits per heavy atom. The van der Waals surface area contributed by atoms with E-state index >= 15 is 0 Å². The zero-order chi connectivity index (χ0) is 27.0. The number of alkyl halides is 3. The highest BCUT2D eigenvalue weighted by molar-refractivity contribution is 7.92. The van der Waals surface area contributed by atoms with E-state index in [1.54, 1.807) is 6.07 Å². The number of aromatic nitrogens is 1. The lowest BCUT2D eigenvalue weighted by atomic mass is 9.78. The third-order valence-electron chi connectivity index (χ3n) is 6.49. The van der Waals surface area contributed by atoms with Gasteiger partial charge in [-0.2, -0.15) is 13.2 Å². The maximum Gasteiger partial charge on any atom is 0.416 e. The Morgan fingerprint density at radius 3 is 2.54 bits per heavy atom. The van der Waals surface area contributed by atoms with Gasteiger partial charge in [0.15, 0.2) is 5.82 Å². The molecule has 1 fully saturated rings. The van der Waals surface area contributed by atoms with Crippen LogP contribution in [0.15, 0.2) is 58.1 Å². The summed E-state index contributed by atoms with van der Waals surface area (Å²) in [6.45, 7) is 0. The highest BCUT2D eigenvalue weighted by atomic mass is 35.5. The van der Waals surface area contributed by atoms with Crippen molar-refractivity contribution in [3.63, 3.8) is 0 Å². The summed E-state index contributed by atoms with van der Waals surface area (Å²) in [7, 11) is -0.586. The van der Waals surface area contributed by atoms with E-state index in [4.69, 9.17) is 11.6 Å². The van der Waals surface area contributed by atoms with Crippen molar-refractivity contribution in [1.82, 2.24) is 10.1 Å². The molecule has 0 spiro atoms. The highest BCUT2D eigenvalue weighted by Crippen LogP contribution is 2.39. The van der Waals surface area contributed by atoms with Crippen LogP contribution in [0.3, 0.4) is 0 Å². The van der Waals surface area contributed by atoms with Gasteiger partial charge in [0, 0.05) is 18.2 Å². The molecule has 1 aliphatic carbocycles. The van der Waals surface area contributed by atoms with Crippen molar-refractivity contribution in [1.29, 1.82) is 0 Å². The Hall–Kier alpha value is -2.83. The zero-order valence-corrected chi connectivity index (χ0v) is 21.5. The topological polar surface area (TPSA) is 87.5 Å². The summed E-state index contributed by atoms with van der Waals surface area (Å²) in [5.41, 5.74) is 0.161. The molecule has 1 unspecified atom stereocenters. The first-order valence-electron chi connectivity index (χ1n) is 11.4. The van der Waals surface area contributed by atoms with Crippen molar-refractivity contribution in [3.05, 3.63) is 70.7 Å². The van der Waals surface area contributed by atoms with Crippen molar-refractivity contribution < 1.29 is 30.5 Å². The van der Waals surface area contributed by atoms with Gasteiger partial charge in [0.25, 0.3) is 10.0 Å². The van der Waals surface area contributed by atoms with Crippen LogP contribution >= 0.6 is 11.6 Å². The van der Waals surface area contributed by atoms with E-state index in [2.05, 4.69) is 19.7 Å². The van der Waals surface area contributed by atoms with Gasteiger partial charge in [-0.15, -0.1) is 0 Å². The Kier molecular flexibility index (Phi) is 7.72. The van der Waals surface area contributed by atoms with Crippen molar-refractivity contribution in [2.24, 2.45) is 0 Å². The highest BCUT2D eigenvalue weighted by Gasteiger charge is 2.35. The number of anilines is 2. The maximum absolute atomic E-state index is 14.9. The van der Waals surface area contributed by atoms with Gasteiger partial charge in [-0.1, -0.05) is 35.0 Å². The molecule has 4 rings (SSSR count). The van der Waals surface area contributed by atoms with E-state index in [9.17, 15) is 26.0 Å². The minimum absolute atomic E-state index is 0.000522. The van der Waals surface area contributed by atoms with Gasteiger partial charge in [-0.05, 0) is 63.0 Å². The molecular formula is C24H25ClF4N4O3S. The molecule has 2 aromatic carbocycles. The quantitative estimate of drug-likeness (QED) is 0.346. The Bertz CT molecular complexity index is 1350. The van der Waals surface area contributed by atoms with Gasteiger partial charge in [0.05, 0.1) is 16.3 Å².